The highest BCUT2D eigenvalue weighted by molar-refractivity contribution is 5.85. The van der Waals surface area contributed by atoms with Gasteiger partial charge in [0.15, 0.2) is 0 Å². The van der Waals surface area contributed by atoms with Crippen LogP contribution in [-0.4, -0.2) is 35.0 Å². The molecule has 1 fully saturated rings. The fraction of sp³-hybridized carbons (Fsp3) is 0.333. The maximum atomic E-state index is 12.6. The average molecular weight is 352 g/mol. The van der Waals surface area contributed by atoms with Gasteiger partial charge in [-0.25, -0.2) is 0 Å². The number of hydrogen-bond donors (Lipinski definition) is 2. The number of hydrogen-bond acceptors (Lipinski definition) is 3. The van der Waals surface area contributed by atoms with Crippen molar-refractivity contribution in [1.82, 2.24) is 10.2 Å². The second kappa shape index (κ2) is 8.15. The zero-order chi connectivity index (χ0) is 18.5. The van der Waals surface area contributed by atoms with Gasteiger partial charge in [-0.05, 0) is 23.6 Å². The molecule has 136 valence electrons. The van der Waals surface area contributed by atoms with Crippen LogP contribution in [0.15, 0.2) is 54.6 Å². The minimum absolute atomic E-state index is 0.184. The molecule has 2 N–H and O–H groups in total. The summed E-state index contributed by atoms with van der Waals surface area (Å²) in [5.41, 5.74) is 3.28. The van der Waals surface area contributed by atoms with E-state index in [1.54, 1.807) is 0 Å². The number of amides is 1. The maximum absolute atomic E-state index is 12.6. The Morgan fingerprint density at radius 1 is 1.04 bits per heavy atom. The zero-order valence-electron chi connectivity index (χ0n) is 14.9. The van der Waals surface area contributed by atoms with Gasteiger partial charge in [0.25, 0.3) is 0 Å². The van der Waals surface area contributed by atoms with Crippen LogP contribution in [-0.2, 0) is 22.7 Å². The third-order valence-corrected chi connectivity index (χ3v) is 5.01. The van der Waals surface area contributed by atoms with Gasteiger partial charge in [-0.15, -0.1) is 0 Å². The molecule has 1 heterocycles. The lowest BCUT2D eigenvalue weighted by molar-refractivity contribution is -0.145. The van der Waals surface area contributed by atoms with E-state index < -0.39 is 17.8 Å². The quantitative estimate of drug-likeness (QED) is 0.838. The van der Waals surface area contributed by atoms with Crippen molar-refractivity contribution in [2.24, 2.45) is 11.8 Å². The van der Waals surface area contributed by atoms with Gasteiger partial charge >= 0.3 is 5.97 Å². The molecule has 3 rings (SSSR count). The Morgan fingerprint density at radius 3 is 2.38 bits per heavy atom. The minimum Gasteiger partial charge on any atom is -0.481 e. The molecule has 0 aromatic heterocycles. The summed E-state index contributed by atoms with van der Waals surface area (Å²) in [5.74, 6) is -2.29. The smallest absolute Gasteiger partial charge is 0.308 e. The molecule has 0 bridgehead atoms. The summed E-state index contributed by atoms with van der Waals surface area (Å²) in [4.78, 5) is 26.3. The van der Waals surface area contributed by atoms with Crippen LogP contribution in [0, 0.1) is 18.8 Å². The monoisotopic (exact) mass is 352 g/mol. The van der Waals surface area contributed by atoms with Crippen LogP contribution in [0.25, 0.3) is 0 Å². The number of nitrogens with zero attached hydrogens (tertiary/aromatic N) is 1. The first kappa shape index (κ1) is 18.1. The van der Waals surface area contributed by atoms with E-state index in [9.17, 15) is 14.7 Å². The Bertz CT molecular complexity index is 776. The lowest BCUT2D eigenvalue weighted by atomic mass is 9.95. The number of carbonyl (C=O) groups excluding carboxylic acids is 1. The van der Waals surface area contributed by atoms with Gasteiger partial charge in [-0.3, -0.25) is 14.5 Å². The first-order valence-electron chi connectivity index (χ1n) is 8.86. The second-order valence-electron chi connectivity index (χ2n) is 6.88. The minimum atomic E-state index is -0.906. The van der Waals surface area contributed by atoms with Crippen molar-refractivity contribution in [1.29, 1.82) is 0 Å². The van der Waals surface area contributed by atoms with Crippen molar-refractivity contribution in [3.05, 3.63) is 71.3 Å². The molecule has 1 saturated heterocycles. The van der Waals surface area contributed by atoms with E-state index in [0.717, 1.165) is 16.7 Å². The van der Waals surface area contributed by atoms with E-state index in [2.05, 4.69) is 5.32 Å². The molecule has 2 aromatic carbocycles. The molecular formula is C21H24N2O3. The van der Waals surface area contributed by atoms with Crippen molar-refractivity contribution in [2.45, 2.75) is 20.0 Å². The van der Waals surface area contributed by atoms with Gasteiger partial charge in [0.2, 0.25) is 5.91 Å². The summed E-state index contributed by atoms with van der Waals surface area (Å²) >= 11 is 0. The van der Waals surface area contributed by atoms with Crippen LogP contribution in [0.5, 0.6) is 0 Å². The largest absolute Gasteiger partial charge is 0.481 e. The number of rotatable bonds is 6. The number of nitrogens with one attached hydrogen (secondary N) is 1. The van der Waals surface area contributed by atoms with Crippen LogP contribution >= 0.6 is 0 Å². The third-order valence-electron chi connectivity index (χ3n) is 5.01. The topological polar surface area (TPSA) is 69.6 Å². The van der Waals surface area contributed by atoms with Crippen LogP contribution in [0.3, 0.4) is 0 Å². The molecule has 1 aliphatic heterocycles. The van der Waals surface area contributed by atoms with Gasteiger partial charge in [-0.2, -0.15) is 0 Å². The predicted molar refractivity (Wildman–Crippen MR) is 99.4 cm³/mol. The van der Waals surface area contributed by atoms with Crippen molar-refractivity contribution in [2.75, 3.05) is 13.1 Å². The van der Waals surface area contributed by atoms with Gasteiger partial charge in [0.05, 0.1) is 11.8 Å². The highest BCUT2D eigenvalue weighted by Crippen LogP contribution is 2.25. The second-order valence-corrected chi connectivity index (χ2v) is 6.88. The van der Waals surface area contributed by atoms with Crippen molar-refractivity contribution in [3.63, 3.8) is 0 Å². The average Bonchev–Trinajstić information content (AvgIpc) is 3.06. The number of aliphatic carboxylic acids is 1. The van der Waals surface area contributed by atoms with Crippen LogP contribution in [0.4, 0.5) is 0 Å². The van der Waals surface area contributed by atoms with Crippen molar-refractivity contribution < 1.29 is 14.7 Å². The number of carbonyl (C=O) groups is 2. The van der Waals surface area contributed by atoms with E-state index in [1.807, 2.05) is 66.4 Å². The summed E-state index contributed by atoms with van der Waals surface area (Å²) in [6, 6.07) is 17.8. The maximum Gasteiger partial charge on any atom is 0.308 e. The normalized spacial score (nSPS) is 20.0. The van der Waals surface area contributed by atoms with E-state index in [-0.39, 0.29) is 5.91 Å². The molecule has 0 radical (unpaired) electrons. The van der Waals surface area contributed by atoms with E-state index >= 15 is 0 Å². The third kappa shape index (κ3) is 4.29. The molecule has 5 nitrogen and oxygen atoms in total. The summed E-state index contributed by atoms with van der Waals surface area (Å²) in [6.07, 6.45) is 0. The molecule has 26 heavy (non-hydrogen) atoms. The Balaban J connectivity index is 1.63. The number of aryl methyl sites for hydroxylation is 1. The first-order chi connectivity index (χ1) is 12.5. The molecule has 0 aliphatic carbocycles. The molecule has 2 aromatic rings. The molecule has 0 saturated carbocycles. The molecule has 0 spiro atoms. The SMILES string of the molecule is Cc1ccccc1CNC(=O)[C@H]1CN(Cc2ccccc2)C[C@H]1C(=O)O. The molecule has 1 amide bonds. The zero-order valence-corrected chi connectivity index (χ0v) is 14.9. The Morgan fingerprint density at radius 2 is 1.69 bits per heavy atom. The number of carboxylic acid groups (broad SMARTS) is 1. The molecule has 1 aliphatic rings. The first-order valence-corrected chi connectivity index (χ1v) is 8.86. The summed E-state index contributed by atoms with van der Waals surface area (Å²) < 4.78 is 0. The molecule has 2 atom stereocenters. The standard InChI is InChI=1S/C21H24N2O3/c1-15-7-5-6-10-17(15)11-22-20(24)18-13-23(14-19(18)21(25)26)12-16-8-3-2-4-9-16/h2-10,18-19H,11-14H2,1H3,(H,22,24)(H,25,26)/t18-,19+/m0/s1. The predicted octanol–water partition coefficient (Wildman–Crippen LogP) is 2.44. The molecule has 5 heteroatoms. The Hall–Kier alpha value is -2.66. The fourth-order valence-electron chi connectivity index (χ4n) is 3.49. The van der Waals surface area contributed by atoms with E-state index in [4.69, 9.17) is 0 Å². The highest BCUT2D eigenvalue weighted by atomic mass is 16.4. The summed E-state index contributed by atoms with van der Waals surface area (Å²) in [6.45, 7) is 3.94. The summed E-state index contributed by atoms with van der Waals surface area (Å²) in [7, 11) is 0. The Kier molecular flexibility index (Phi) is 5.68. The van der Waals surface area contributed by atoms with Gasteiger partial charge in [0, 0.05) is 26.2 Å². The lowest BCUT2D eigenvalue weighted by Crippen LogP contribution is -2.37. The number of carboxylic acids is 1. The van der Waals surface area contributed by atoms with Gasteiger partial charge < -0.3 is 10.4 Å². The van der Waals surface area contributed by atoms with E-state index in [1.165, 1.54) is 0 Å². The molecular weight excluding hydrogens is 328 g/mol. The number of benzene rings is 2. The van der Waals surface area contributed by atoms with Gasteiger partial charge in [0.1, 0.15) is 0 Å². The van der Waals surface area contributed by atoms with Crippen molar-refractivity contribution in [3.8, 4) is 0 Å². The van der Waals surface area contributed by atoms with Crippen LogP contribution < -0.4 is 5.32 Å². The number of likely N-dealkylation sites (tertiary alicyclic amines) is 1. The van der Waals surface area contributed by atoms with Gasteiger partial charge in [-0.1, -0.05) is 54.6 Å². The van der Waals surface area contributed by atoms with Crippen LogP contribution in [0.2, 0.25) is 0 Å². The fourth-order valence-corrected chi connectivity index (χ4v) is 3.49. The molecule has 0 unspecified atom stereocenters. The summed E-state index contributed by atoms with van der Waals surface area (Å²) in [5, 5.41) is 12.5. The lowest BCUT2D eigenvalue weighted by Gasteiger charge is -2.16. The van der Waals surface area contributed by atoms with Crippen molar-refractivity contribution >= 4 is 11.9 Å². The Labute approximate surface area is 153 Å². The van der Waals surface area contributed by atoms with Crippen LogP contribution in [0.1, 0.15) is 16.7 Å². The van der Waals surface area contributed by atoms with E-state index in [0.29, 0.717) is 26.2 Å². The highest BCUT2D eigenvalue weighted by Gasteiger charge is 2.41.